The van der Waals surface area contributed by atoms with Gasteiger partial charge in [0, 0.05) is 30.9 Å². The molecule has 3 rings (SSSR count). The number of nitrogen functional groups attached to an aromatic ring is 1. The average molecular weight is 304 g/mol. The van der Waals surface area contributed by atoms with Crippen LogP contribution in [0, 0.1) is 5.41 Å². The Balaban J connectivity index is 1.92. The summed E-state index contributed by atoms with van der Waals surface area (Å²) in [4.78, 5) is 30.3. The van der Waals surface area contributed by atoms with Crippen LogP contribution < -0.4 is 11.5 Å². The van der Waals surface area contributed by atoms with Gasteiger partial charge >= 0.3 is 0 Å². The fraction of sp³-hybridized carbons (Fsp3) is 0.357. The maximum atomic E-state index is 12.6. The Kier molecular flexibility index (Phi) is 3.09. The van der Waals surface area contributed by atoms with Gasteiger partial charge in [-0.15, -0.1) is 11.3 Å². The summed E-state index contributed by atoms with van der Waals surface area (Å²) < 4.78 is 0.884. The monoisotopic (exact) mass is 304 g/mol. The van der Waals surface area contributed by atoms with E-state index in [2.05, 4.69) is 4.98 Å². The molecule has 2 aromatic heterocycles. The Labute approximate surface area is 125 Å². The van der Waals surface area contributed by atoms with Gasteiger partial charge in [0.2, 0.25) is 5.91 Å². The van der Waals surface area contributed by atoms with Gasteiger partial charge in [-0.3, -0.25) is 14.6 Å². The third kappa shape index (κ3) is 2.13. The van der Waals surface area contributed by atoms with E-state index >= 15 is 0 Å². The molecule has 1 aliphatic rings. The largest absolute Gasteiger partial charge is 0.397 e. The van der Waals surface area contributed by atoms with Crippen molar-refractivity contribution in [2.45, 2.75) is 13.3 Å². The van der Waals surface area contributed by atoms with Crippen molar-refractivity contribution in [3.8, 4) is 0 Å². The standard InChI is InChI=1S/C14H16N4O2S/c1-14(13(16)20)3-5-18(7-14)12(19)11-10(15)8-2-4-17-6-9(8)21-11/h2,4,6H,3,5,7,15H2,1H3,(H2,16,20). The number of rotatable bonds is 2. The molecule has 1 saturated heterocycles. The summed E-state index contributed by atoms with van der Waals surface area (Å²) in [6, 6.07) is 1.80. The Morgan fingerprint density at radius 2 is 2.24 bits per heavy atom. The Hall–Kier alpha value is -2.15. The van der Waals surface area contributed by atoms with Crippen molar-refractivity contribution in [3.05, 3.63) is 23.3 Å². The van der Waals surface area contributed by atoms with E-state index in [-0.39, 0.29) is 11.8 Å². The summed E-state index contributed by atoms with van der Waals surface area (Å²) in [7, 11) is 0. The predicted octanol–water partition coefficient (Wildman–Crippen LogP) is 1.22. The quantitative estimate of drug-likeness (QED) is 0.870. The van der Waals surface area contributed by atoms with Crippen LogP contribution in [-0.2, 0) is 4.79 Å². The van der Waals surface area contributed by atoms with Gasteiger partial charge in [-0.2, -0.15) is 0 Å². The normalized spacial score (nSPS) is 21.9. The van der Waals surface area contributed by atoms with Crippen LogP contribution in [0.15, 0.2) is 18.5 Å². The van der Waals surface area contributed by atoms with Crippen molar-refractivity contribution >= 4 is 38.9 Å². The second-order valence-electron chi connectivity index (χ2n) is 5.62. The number of amides is 2. The molecule has 1 fully saturated rings. The number of anilines is 1. The van der Waals surface area contributed by atoms with Crippen molar-refractivity contribution in [1.29, 1.82) is 0 Å². The summed E-state index contributed by atoms with van der Waals surface area (Å²) in [5.41, 5.74) is 11.3. The highest BCUT2D eigenvalue weighted by molar-refractivity contribution is 7.21. The van der Waals surface area contributed by atoms with Crippen molar-refractivity contribution in [2.24, 2.45) is 11.1 Å². The van der Waals surface area contributed by atoms with Crippen LogP contribution in [0.2, 0.25) is 0 Å². The molecule has 0 radical (unpaired) electrons. The minimum absolute atomic E-state index is 0.140. The molecule has 1 aliphatic heterocycles. The lowest BCUT2D eigenvalue weighted by molar-refractivity contribution is -0.126. The maximum absolute atomic E-state index is 12.6. The lowest BCUT2D eigenvalue weighted by atomic mass is 9.89. The first kappa shape index (κ1) is 13.8. The van der Waals surface area contributed by atoms with E-state index in [1.165, 1.54) is 11.3 Å². The minimum Gasteiger partial charge on any atom is -0.397 e. The molecular formula is C14H16N4O2S. The molecule has 4 N–H and O–H groups in total. The second-order valence-corrected chi connectivity index (χ2v) is 6.67. The first-order valence-corrected chi connectivity index (χ1v) is 7.45. The predicted molar refractivity (Wildman–Crippen MR) is 81.9 cm³/mol. The van der Waals surface area contributed by atoms with Gasteiger partial charge in [0.1, 0.15) is 4.88 Å². The van der Waals surface area contributed by atoms with Crippen LogP contribution in [0.25, 0.3) is 10.1 Å². The number of nitrogens with two attached hydrogens (primary N) is 2. The van der Waals surface area contributed by atoms with E-state index in [4.69, 9.17) is 11.5 Å². The number of aromatic nitrogens is 1. The highest BCUT2D eigenvalue weighted by Crippen LogP contribution is 2.36. The van der Waals surface area contributed by atoms with Crippen LogP contribution >= 0.6 is 11.3 Å². The summed E-state index contributed by atoms with van der Waals surface area (Å²) in [5.74, 6) is -0.509. The zero-order chi connectivity index (χ0) is 15.2. The summed E-state index contributed by atoms with van der Waals surface area (Å²) in [5, 5.41) is 0.843. The van der Waals surface area contributed by atoms with E-state index in [1.54, 1.807) is 30.3 Å². The number of hydrogen-bond acceptors (Lipinski definition) is 5. The van der Waals surface area contributed by atoms with E-state index in [0.29, 0.717) is 30.1 Å². The summed E-state index contributed by atoms with van der Waals surface area (Å²) in [6.45, 7) is 2.65. The number of pyridine rings is 1. The van der Waals surface area contributed by atoms with E-state index in [0.717, 1.165) is 10.1 Å². The number of hydrogen-bond donors (Lipinski definition) is 2. The smallest absolute Gasteiger partial charge is 0.266 e. The fourth-order valence-corrected chi connectivity index (χ4v) is 3.67. The highest BCUT2D eigenvalue weighted by Gasteiger charge is 2.41. The Morgan fingerprint density at radius 1 is 1.48 bits per heavy atom. The Morgan fingerprint density at radius 3 is 2.86 bits per heavy atom. The van der Waals surface area contributed by atoms with Gasteiger partial charge in [-0.1, -0.05) is 0 Å². The number of primary amides is 1. The lowest BCUT2D eigenvalue weighted by Crippen LogP contribution is -2.38. The first-order valence-electron chi connectivity index (χ1n) is 6.63. The molecule has 2 aromatic rings. The van der Waals surface area contributed by atoms with Crippen LogP contribution in [0.1, 0.15) is 23.0 Å². The van der Waals surface area contributed by atoms with Gasteiger partial charge in [0.05, 0.1) is 15.8 Å². The van der Waals surface area contributed by atoms with Crippen LogP contribution in [0.3, 0.4) is 0 Å². The second kappa shape index (κ2) is 4.70. The van der Waals surface area contributed by atoms with Crippen molar-refractivity contribution in [1.82, 2.24) is 9.88 Å². The number of thiophene rings is 1. The Bertz CT molecular complexity index is 742. The van der Waals surface area contributed by atoms with E-state index in [9.17, 15) is 9.59 Å². The van der Waals surface area contributed by atoms with Gasteiger partial charge in [-0.25, -0.2) is 0 Å². The van der Waals surface area contributed by atoms with Gasteiger partial charge in [0.25, 0.3) is 5.91 Å². The number of nitrogens with zero attached hydrogens (tertiary/aromatic N) is 2. The molecule has 7 heteroatoms. The highest BCUT2D eigenvalue weighted by atomic mass is 32.1. The third-order valence-corrected chi connectivity index (χ3v) is 5.22. The van der Waals surface area contributed by atoms with Crippen LogP contribution in [0.4, 0.5) is 5.69 Å². The van der Waals surface area contributed by atoms with Crippen molar-refractivity contribution < 1.29 is 9.59 Å². The summed E-state index contributed by atoms with van der Waals surface area (Å²) in [6.07, 6.45) is 3.94. The molecule has 1 atom stereocenters. The van der Waals surface area contributed by atoms with Crippen LogP contribution in [0.5, 0.6) is 0 Å². The molecule has 0 aromatic carbocycles. The molecule has 6 nitrogen and oxygen atoms in total. The molecule has 21 heavy (non-hydrogen) atoms. The van der Waals surface area contributed by atoms with Gasteiger partial charge in [0.15, 0.2) is 0 Å². The lowest BCUT2D eigenvalue weighted by Gasteiger charge is -2.20. The van der Waals surface area contributed by atoms with E-state index in [1.807, 2.05) is 0 Å². The number of likely N-dealkylation sites (tertiary alicyclic amines) is 1. The van der Waals surface area contributed by atoms with E-state index < -0.39 is 5.41 Å². The number of carbonyl (C=O) groups is 2. The zero-order valence-corrected chi connectivity index (χ0v) is 12.4. The molecule has 110 valence electrons. The van der Waals surface area contributed by atoms with Gasteiger partial charge in [-0.05, 0) is 19.4 Å². The molecule has 3 heterocycles. The van der Waals surface area contributed by atoms with Gasteiger partial charge < -0.3 is 16.4 Å². The molecular weight excluding hydrogens is 288 g/mol. The van der Waals surface area contributed by atoms with Crippen molar-refractivity contribution in [3.63, 3.8) is 0 Å². The number of carbonyl (C=O) groups excluding carboxylic acids is 2. The molecule has 0 aliphatic carbocycles. The topological polar surface area (TPSA) is 102 Å². The average Bonchev–Trinajstić information content (AvgIpc) is 3.01. The molecule has 0 saturated carbocycles. The molecule has 0 bridgehead atoms. The third-order valence-electron chi connectivity index (χ3n) is 4.08. The SMILES string of the molecule is CC1(C(N)=O)CCN(C(=O)c2sc3cnccc3c2N)C1. The number of fused-ring (bicyclic) bond motifs is 1. The molecule has 0 spiro atoms. The molecule has 1 unspecified atom stereocenters. The summed E-state index contributed by atoms with van der Waals surface area (Å²) >= 11 is 1.33. The molecule has 2 amide bonds. The van der Waals surface area contributed by atoms with Crippen LogP contribution in [-0.4, -0.2) is 34.8 Å². The fourth-order valence-electron chi connectivity index (χ4n) is 2.61. The minimum atomic E-state index is -0.650. The zero-order valence-electron chi connectivity index (χ0n) is 11.6. The first-order chi connectivity index (χ1) is 9.92. The van der Waals surface area contributed by atoms with Crippen molar-refractivity contribution in [2.75, 3.05) is 18.8 Å². The maximum Gasteiger partial charge on any atom is 0.266 e.